The predicted octanol–water partition coefficient (Wildman–Crippen LogP) is 13.0. The standard InChI is InChI=1S/C46H80O3/c1-10-11-12-13-14-15-16-17-18-19-20-21-34(47)32-40(48)49-39-26-28-44(7)37(42(39,4)5)25-29-46(9)38(44)23-22-36-41-35(33(2)3)24-27-43(41,6)30-31-45(36,46)8/h34-39,41,47H,2,10-32H2,1,3-9H3/t34?,35-,36+,37-,38+,39-,41+,43+,44-,45+,46+/m0/s1. The van der Waals surface area contributed by atoms with Crippen molar-refractivity contribution in [1.29, 1.82) is 0 Å². The average Bonchev–Trinajstić information content (AvgIpc) is 3.39. The molecule has 0 saturated heterocycles. The second-order valence-electron chi connectivity index (χ2n) is 20.4. The minimum Gasteiger partial charge on any atom is -0.462 e. The summed E-state index contributed by atoms with van der Waals surface area (Å²) < 4.78 is 6.33. The third-order valence-electron chi connectivity index (χ3n) is 17.2. The summed E-state index contributed by atoms with van der Waals surface area (Å²) in [5, 5.41) is 10.7. The van der Waals surface area contributed by atoms with E-state index in [0.29, 0.717) is 34.5 Å². The number of allylic oxidation sites excluding steroid dienone is 1. The molecule has 5 aliphatic carbocycles. The number of fused-ring (bicyclic) bond motifs is 7. The van der Waals surface area contributed by atoms with Crippen LogP contribution in [0.15, 0.2) is 12.2 Å². The summed E-state index contributed by atoms with van der Waals surface area (Å²) in [4.78, 5) is 13.2. The molecular formula is C46H80O3. The fraction of sp³-hybridized carbons (Fsp3) is 0.935. The summed E-state index contributed by atoms with van der Waals surface area (Å²) in [7, 11) is 0. The Morgan fingerprint density at radius 1 is 0.735 bits per heavy atom. The number of rotatable bonds is 16. The van der Waals surface area contributed by atoms with Crippen molar-refractivity contribution in [1.82, 2.24) is 0 Å². The molecule has 5 fully saturated rings. The second kappa shape index (κ2) is 15.6. The highest BCUT2D eigenvalue weighted by Gasteiger charge is 2.70. The number of aliphatic hydroxyl groups excluding tert-OH is 1. The average molecular weight is 681 g/mol. The number of ether oxygens (including phenoxy) is 1. The van der Waals surface area contributed by atoms with Crippen molar-refractivity contribution >= 4 is 5.97 Å². The SMILES string of the molecule is C=C(C)[C@@H]1CC[C@]2(C)CC[C@]3(C)[C@H](CC[C@@H]4[C@@]5(C)CC[C@H](OC(=O)CC(O)CCCCCCCCCCCCC)C(C)(C)[C@@H]5CC[C@]43C)[C@@H]12. The molecule has 0 aromatic carbocycles. The third-order valence-corrected chi connectivity index (χ3v) is 17.2. The number of carbonyl (C=O) groups excluding carboxylic acids is 1. The van der Waals surface area contributed by atoms with Crippen LogP contribution in [0.2, 0.25) is 0 Å². The van der Waals surface area contributed by atoms with Crippen LogP contribution in [-0.4, -0.2) is 23.3 Å². The number of unbranched alkanes of at least 4 members (excludes halogenated alkanes) is 10. The zero-order valence-electron chi connectivity index (χ0n) is 33.8. The van der Waals surface area contributed by atoms with Crippen LogP contribution < -0.4 is 0 Å². The second-order valence-corrected chi connectivity index (χ2v) is 20.4. The van der Waals surface area contributed by atoms with Gasteiger partial charge in [0.15, 0.2) is 0 Å². The molecule has 1 unspecified atom stereocenters. The third kappa shape index (κ3) is 7.51. The van der Waals surface area contributed by atoms with E-state index in [1.165, 1.54) is 115 Å². The van der Waals surface area contributed by atoms with Gasteiger partial charge < -0.3 is 9.84 Å². The molecular weight excluding hydrogens is 601 g/mol. The van der Waals surface area contributed by atoms with Gasteiger partial charge in [0.2, 0.25) is 0 Å². The fourth-order valence-corrected chi connectivity index (χ4v) is 14.2. The first kappa shape index (κ1) is 39.4. The van der Waals surface area contributed by atoms with Crippen molar-refractivity contribution in [2.75, 3.05) is 0 Å². The maximum atomic E-state index is 13.2. The zero-order valence-corrected chi connectivity index (χ0v) is 33.8. The van der Waals surface area contributed by atoms with E-state index in [9.17, 15) is 9.90 Å². The maximum Gasteiger partial charge on any atom is 0.308 e. The van der Waals surface area contributed by atoms with Crippen LogP contribution in [-0.2, 0) is 9.53 Å². The van der Waals surface area contributed by atoms with Crippen molar-refractivity contribution in [2.45, 2.75) is 215 Å². The predicted molar refractivity (Wildman–Crippen MR) is 206 cm³/mol. The van der Waals surface area contributed by atoms with E-state index in [-0.39, 0.29) is 29.3 Å². The molecule has 0 heterocycles. The molecule has 0 bridgehead atoms. The van der Waals surface area contributed by atoms with Crippen LogP contribution in [0.1, 0.15) is 203 Å². The monoisotopic (exact) mass is 681 g/mol. The molecule has 1 N–H and O–H groups in total. The van der Waals surface area contributed by atoms with Crippen molar-refractivity contribution in [3.63, 3.8) is 0 Å². The van der Waals surface area contributed by atoms with E-state index >= 15 is 0 Å². The number of esters is 1. The fourth-order valence-electron chi connectivity index (χ4n) is 14.2. The Morgan fingerprint density at radius 3 is 2.00 bits per heavy atom. The highest BCUT2D eigenvalue weighted by atomic mass is 16.5. The van der Waals surface area contributed by atoms with Crippen LogP contribution in [0.5, 0.6) is 0 Å². The number of hydrogen-bond donors (Lipinski definition) is 1. The lowest BCUT2D eigenvalue weighted by atomic mass is 9.32. The quantitative estimate of drug-likeness (QED) is 0.100. The summed E-state index contributed by atoms with van der Waals surface area (Å²) in [5.74, 6) is 3.46. The Morgan fingerprint density at radius 2 is 1.37 bits per heavy atom. The van der Waals surface area contributed by atoms with Gasteiger partial charge in [-0.25, -0.2) is 0 Å². The molecule has 5 saturated carbocycles. The molecule has 3 heteroatoms. The van der Waals surface area contributed by atoms with E-state index in [4.69, 9.17) is 4.74 Å². The van der Waals surface area contributed by atoms with Gasteiger partial charge in [-0.05, 0) is 129 Å². The lowest BCUT2D eigenvalue weighted by Crippen LogP contribution is -2.66. The maximum absolute atomic E-state index is 13.2. The zero-order chi connectivity index (χ0) is 35.7. The van der Waals surface area contributed by atoms with Crippen molar-refractivity contribution in [2.24, 2.45) is 56.7 Å². The minimum atomic E-state index is -0.573. The molecule has 3 nitrogen and oxygen atoms in total. The van der Waals surface area contributed by atoms with Crippen molar-refractivity contribution in [3.8, 4) is 0 Å². The topological polar surface area (TPSA) is 46.5 Å². The molecule has 5 rings (SSSR count). The molecule has 5 aliphatic rings. The highest BCUT2D eigenvalue weighted by molar-refractivity contribution is 5.70. The van der Waals surface area contributed by atoms with Gasteiger partial charge in [0.25, 0.3) is 0 Å². The Balaban J connectivity index is 1.13. The van der Waals surface area contributed by atoms with Crippen LogP contribution in [0.3, 0.4) is 0 Å². The van der Waals surface area contributed by atoms with E-state index in [2.05, 4.69) is 62.0 Å². The molecule has 0 amide bonds. The number of aliphatic hydroxyl groups is 1. The van der Waals surface area contributed by atoms with Gasteiger partial charge in [-0.1, -0.05) is 131 Å². The van der Waals surface area contributed by atoms with Crippen LogP contribution in [0.25, 0.3) is 0 Å². The first-order valence-corrected chi connectivity index (χ1v) is 21.7. The van der Waals surface area contributed by atoms with Gasteiger partial charge in [0, 0.05) is 5.41 Å². The molecule has 0 aliphatic heterocycles. The Hall–Kier alpha value is -0.830. The van der Waals surface area contributed by atoms with Gasteiger partial charge in [-0.15, -0.1) is 0 Å². The summed E-state index contributed by atoms with van der Waals surface area (Å²) in [6, 6.07) is 0. The molecule has 0 radical (unpaired) electrons. The lowest BCUT2D eigenvalue weighted by Gasteiger charge is -2.73. The van der Waals surface area contributed by atoms with Gasteiger partial charge in [-0.2, -0.15) is 0 Å². The number of carbonyl (C=O) groups is 1. The molecule has 0 aromatic rings. The Kier molecular flexibility index (Phi) is 12.6. The molecule has 282 valence electrons. The van der Waals surface area contributed by atoms with Crippen molar-refractivity contribution in [3.05, 3.63) is 12.2 Å². The summed E-state index contributed by atoms with van der Waals surface area (Å²) in [5.41, 5.74) is 2.93. The minimum absolute atomic E-state index is 0.0475. The largest absolute Gasteiger partial charge is 0.462 e. The summed E-state index contributed by atoms with van der Waals surface area (Å²) in [6.07, 6.45) is 27.5. The molecule has 11 atom stereocenters. The molecule has 49 heavy (non-hydrogen) atoms. The Labute approximate surface area is 304 Å². The van der Waals surface area contributed by atoms with E-state index in [1.54, 1.807) is 0 Å². The van der Waals surface area contributed by atoms with Crippen LogP contribution in [0.4, 0.5) is 0 Å². The van der Waals surface area contributed by atoms with Crippen molar-refractivity contribution < 1.29 is 14.6 Å². The molecule has 0 aromatic heterocycles. The van der Waals surface area contributed by atoms with Gasteiger partial charge in [0.1, 0.15) is 6.10 Å². The first-order valence-electron chi connectivity index (χ1n) is 21.7. The number of hydrogen-bond acceptors (Lipinski definition) is 3. The van der Waals surface area contributed by atoms with Crippen LogP contribution in [0, 0.1) is 56.7 Å². The van der Waals surface area contributed by atoms with Gasteiger partial charge in [0.05, 0.1) is 12.5 Å². The summed E-state index contributed by atoms with van der Waals surface area (Å²) >= 11 is 0. The highest BCUT2D eigenvalue weighted by Crippen LogP contribution is 2.77. The summed E-state index contributed by atoms with van der Waals surface area (Å²) in [6.45, 7) is 24.7. The van der Waals surface area contributed by atoms with Gasteiger partial charge in [-0.3, -0.25) is 4.79 Å². The normalized spacial score (nSPS) is 41.6. The smallest absolute Gasteiger partial charge is 0.308 e. The van der Waals surface area contributed by atoms with Gasteiger partial charge >= 0.3 is 5.97 Å². The van der Waals surface area contributed by atoms with E-state index < -0.39 is 6.10 Å². The Bertz CT molecular complexity index is 1130. The lowest BCUT2D eigenvalue weighted by molar-refractivity contribution is -0.249. The van der Waals surface area contributed by atoms with E-state index in [1.807, 2.05) is 0 Å². The molecule has 0 spiro atoms. The first-order chi connectivity index (χ1) is 23.1. The van der Waals surface area contributed by atoms with Crippen LogP contribution >= 0.6 is 0 Å². The van der Waals surface area contributed by atoms with E-state index in [0.717, 1.165) is 43.4 Å².